The van der Waals surface area contributed by atoms with Crippen LogP contribution in [0.25, 0.3) is 0 Å². The molecular formula is C22H46BrNO. The van der Waals surface area contributed by atoms with Crippen molar-refractivity contribution < 1.29 is 4.79 Å². The highest BCUT2D eigenvalue weighted by Crippen LogP contribution is 2.12. The fourth-order valence-corrected chi connectivity index (χ4v) is 3.28. The second kappa shape index (κ2) is 22.2. The Morgan fingerprint density at radius 2 is 1.24 bits per heavy atom. The van der Waals surface area contributed by atoms with E-state index in [0.717, 1.165) is 12.8 Å². The van der Waals surface area contributed by atoms with E-state index in [-0.39, 0.29) is 4.69 Å². The van der Waals surface area contributed by atoms with E-state index in [0.29, 0.717) is 18.4 Å². The summed E-state index contributed by atoms with van der Waals surface area (Å²) in [4.78, 5) is 10.6. The highest BCUT2D eigenvalue weighted by molar-refractivity contribution is 9.18. The topological polar surface area (TPSA) is 43.1 Å². The first kappa shape index (κ1) is 27.3. The van der Waals surface area contributed by atoms with Crippen LogP contribution in [0.2, 0.25) is 0 Å². The van der Waals surface area contributed by atoms with Crippen LogP contribution in [-0.2, 0) is 4.79 Å². The summed E-state index contributed by atoms with van der Waals surface area (Å²) in [5.41, 5.74) is 5.80. The zero-order valence-corrected chi connectivity index (χ0v) is 19.2. The van der Waals surface area contributed by atoms with Gasteiger partial charge in [0.1, 0.15) is 0 Å². The average molecular weight is 421 g/mol. The molecule has 2 atom stereocenters. The van der Waals surface area contributed by atoms with Gasteiger partial charge in [-0.15, -0.1) is 0 Å². The summed E-state index contributed by atoms with van der Waals surface area (Å²) >= 11 is 2.96. The fourth-order valence-electron chi connectivity index (χ4n) is 3.00. The molecule has 2 unspecified atom stereocenters. The number of hydrogen-bond acceptors (Lipinski definition) is 2. The third kappa shape index (κ3) is 24.1. The minimum atomic E-state index is 0.156. The Labute approximate surface area is 167 Å². The number of hydrogen-bond donors (Lipinski definition) is 1. The van der Waals surface area contributed by atoms with Gasteiger partial charge in [0.15, 0.2) is 4.69 Å². The van der Waals surface area contributed by atoms with Gasteiger partial charge in [-0.05, 0) is 41.1 Å². The normalized spacial score (nSPS) is 13.0. The van der Waals surface area contributed by atoms with Crippen LogP contribution >= 0.6 is 15.9 Å². The molecule has 2 N–H and O–H groups in total. The largest absolute Gasteiger partial charge is 0.327 e. The third-order valence-corrected chi connectivity index (χ3v) is 5.32. The molecule has 0 aromatic carbocycles. The van der Waals surface area contributed by atoms with Crippen molar-refractivity contribution in [1.82, 2.24) is 0 Å². The smallest absolute Gasteiger partial charge is 0.197 e. The van der Waals surface area contributed by atoms with E-state index in [1.54, 1.807) is 0 Å². The van der Waals surface area contributed by atoms with E-state index in [4.69, 9.17) is 5.73 Å². The molecule has 152 valence electrons. The van der Waals surface area contributed by atoms with E-state index >= 15 is 0 Å². The zero-order chi connectivity index (χ0) is 19.3. The van der Waals surface area contributed by atoms with Crippen molar-refractivity contribution in [3.8, 4) is 0 Å². The van der Waals surface area contributed by atoms with Crippen molar-refractivity contribution >= 4 is 20.6 Å². The van der Waals surface area contributed by atoms with Crippen LogP contribution in [0.1, 0.15) is 124 Å². The fraction of sp³-hybridized carbons (Fsp3) is 0.955. The summed E-state index contributed by atoms with van der Waals surface area (Å²) in [6, 6.07) is 0.421. The average Bonchev–Trinajstić information content (AvgIpc) is 2.59. The van der Waals surface area contributed by atoms with Gasteiger partial charge in [0.25, 0.3) is 0 Å². The van der Waals surface area contributed by atoms with E-state index in [2.05, 4.69) is 43.6 Å². The van der Waals surface area contributed by atoms with Crippen molar-refractivity contribution in [1.29, 1.82) is 0 Å². The minimum Gasteiger partial charge on any atom is -0.327 e. The molecule has 0 bridgehead atoms. The molecule has 0 aliphatic rings. The van der Waals surface area contributed by atoms with Crippen molar-refractivity contribution in [3.05, 3.63) is 0 Å². The lowest BCUT2D eigenvalue weighted by atomic mass is 9.96. The van der Waals surface area contributed by atoms with Gasteiger partial charge in [0.2, 0.25) is 0 Å². The molecule has 25 heavy (non-hydrogen) atoms. The standard InChI is InChI=1S/C14H27BrO.C8H19N/c1-2-3-4-5-6-7-8-9-10-11-12-13-14(15)16;1-4-6-7(3)8(9)5-2/h2-13H2,1H3;7-8H,4-6,9H2,1-3H3. The lowest BCUT2D eigenvalue weighted by molar-refractivity contribution is -0.110. The molecule has 0 heterocycles. The lowest BCUT2D eigenvalue weighted by Crippen LogP contribution is -2.26. The molecule has 0 amide bonds. The number of unbranched alkanes of at least 4 members (excludes halogenated alkanes) is 10. The highest BCUT2D eigenvalue weighted by atomic mass is 79.9. The van der Waals surface area contributed by atoms with E-state index in [1.165, 1.54) is 77.0 Å². The van der Waals surface area contributed by atoms with Gasteiger partial charge >= 0.3 is 0 Å². The van der Waals surface area contributed by atoms with Crippen LogP contribution in [0.3, 0.4) is 0 Å². The molecule has 0 aromatic rings. The van der Waals surface area contributed by atoms with E-state index in [1.807, 2.05) is 0 Å². The molecule has 0 radical (unpaired) electrons. The van der Waals surface area contributed by atoms with Gasteiger partial charge in [-0.1, -0.05) is 98.3 Å². The molecule has 0 saturated carbocycles. The first-order chi connectivity index (χ1) is 12.0. The maximum Gasteiger partial charge on any atom is 0.197 e. The third-order valence-electron chi connectivity index (χ3n) is 4.92. The molecule has 0 rings (SSSR count). The first-order valence-electron chi connectivity index (χ1n) is 10.9. The molecule has 0 aromatic heterocycles. The van der Waals surface area contributed by atoms with Crippen molar-refractivity contribution in [3.63, 3.8) is 0 Å². The summed E-state index contributed by atoms with van der Waals surface area (Å²) < 4.78 is 0.156. The number of halogens is 1. The molecule has 3 heteroatoms. The Morgan fingerprint density at radius 3 is 1.60 bits per heavy atom. The summed E-state index contributed by atoms with van der Waals surface area (Å²) in [6.07, 6.45) is 19.1. The van der Waals surface area contributed by atoms with Crippen LogP contribution in [0.4, 0.5) is 0 Å². The Kier molecular flexibility index (Phi) is 24.2. The first-order valence-corrected chi connectivity index (χ1v) is 11.7. The highest BCUT2D eigenvalue weighted by Gasteiger charge is 2.07. The molecule has 0 saturated heterocycles. The molecule has 0 aliphatic heterocycles. The molecule has 2 nitrogen and oxygen atoms in total. The lowest BCUT2D eigenvalue weighted by Gasteiger charge is -2.16. The van der Waals surface area contributed by atoms with Gasteiger partial charge in [-0.2, -0.15) is 0 Å². The number of nitrogens with two attached hydrogens (primary N) is 1. The van der Waals surface area contributed by atoms with Gasteiger partial charge in [-0.25, -0.2) is 0 Å². The number of carbonyl (C=O) groups excluding carboxylic acids is 1. The van der Waals surface area contributed by atoms with Gasteiger partial charge in [-0.3, -0.25) is 4.79 Å². The van der Waals surface area contributed by atoms with Crippen LogP contribution in [0, 0.1) is 5.92 Å². The second-order valence-corrected chi connectivity index (χ2v) is 8.36. The van der Waals surface area contributed by atoms with Crippen molar-refractivity contribution in [2.75, 3.05) is 0 Å². The van der Waals surface area contributed by atoms with Gasteiger partial charge < -0.3 is 5.73 Å². The van der Waals surface area contributed by atoms with E-state index in [9.17, 15) is 4.79 Å². The molecule has 0 aliphatic carbocycles. The predicted octanol–water partition coefficient (Wildman–Crippen LogP) is 7.77. The number of rotatable bonds is 16. The number of carbonyl (C=O) groups is 1. The predicted molar refractivity (Wildman–Crippen MR) is 117 cm³/mol. The maximum atomic E-state index is 10.6. The Hall–Kier alpha value is 0.110. The Balaban J connectivity index is 0. The summed E-state index contributed by atoms with van der Waals surface area (Å²) in [7, 11) is 0. The second-order valence-electron chi connectivity index (χ2n) is 7.48. The molecule has 0 fully saturated rings. The van der Waals surface area contributed by atoms with Gasteiger partial charge in [0, 0.05) is 12.5 Å². The van der Waals surface area contributed by atoms with Crippen LogP contribution in [0.5, 0.6) is 0 Å². The Bertz CT molecular complexity index is 271. The van der Waals surface area contributed by atoms with Crippen LogP contribution in [-0.4, -0.2) is 10.7 Å². The Morgan fingerprint density at radius 1 is 0.800 bits per heavy atom. The summed E-state index contributed by atoms with van der Waals surface area (Å²) in [5, 5.41) is 0. The molecule has 0 spiro atoms. The van der Waals surface area contributed by atoms with Crippen molar-refractivity contribution in [2.45, 2.75) is 130 Å². The monoisotopic (exact) mass is 419 g/mol. The van der Waals surface area contributed by atoms with E-state index < -0.39 is 0 Å². The zero-order valence-electron chi connectivity index (χ0n) is 17.6. The summed E-state index contributed by atoms with van der Waals surface area (Å²) in [6.45, 7) is 8.85. The quantitative estimate of drug-likeness (QED) is 0.205. The minimum absolute atomic E-state index is 0.156. The SMILES string of the molecule is CCCC(C)C(N)CC.CCCCCCCCCCCCCC(=O)Br. The van der Waals surface area contributed by atoms with Crippen LogP contribution < -0.4 is 5.73 Å². The van der Waals surface area contributed by atoms with Crippen LogP contribution in [0.15, 0.2) is 0 Å². The maximum absolute atomic E-state index is 10.6. The van der Waals surface area contributed by atoms with Gasteiger partial charge in [0.05, 0.1) is 0 Å². The van der Waals surface area contributed by atoms with Crippen molar-refractivity contribution in [2.24, 2.45) is 11.7 Å². The molecular weight excluding hydrogens is 374 g/mol. The summed E-state index contributed by atoms with van der Waals surface area (Å²) in [5.74, 6) is 0.708.